The summed E-state index contributed by atoms with van der Waals surface area (Å²) in [5.74, 6) is -0.0885. The number of hydrogen-bond acceptors (Lipinski definition) is 3. The Bertz CT molecular complexity index is 652. The summed E-state index contributed by atoms with van der Waals surface area (Å²) in [4.78, 5) is 12.3. The van der Waals surface area contributed by atoms with Crippen molar-refractivity contribution in [2.45, 2.75) is 6.92 Å². The van der Waals surface area contributed by atoms with Crippen LogP contribution in [0.15, 0.2) is 42.5 Å². The van der Waals surface area contributed by atoms with Crippen molar-refractivity contribution in [1.29, 1.82) is 0 Å². The normalized spacial score (nSPS) is 12.8. The molecule has 0 saturated carbocycles. The Morgan fingerprint density at radius 2 is 1.80 bits per heavy atom. The molecule has 0 atom stereocenters. The molecule has 0 aliphatic carbocycles. The molecule has 0 unspecified atom stereocenters. The Morgan fingerprint density at radius 1 is 1.05 bits per heavy atom. The summed E-state index contributed by atoms with van der Waals surface area (Å²) in [6.07, 6.45) is 0. The van der Waals surface area contributed by atoms with Crippen molar-refractivity contribution < 1.29 is 4.79 Å². The third kappa shape index (κ3) is 2.45. The van der Waals surface area contributed by atoms with Crippen LogP contribution in [0, 0.1) is 6.92 Å². The molecule has 0 saturated heterocycles. The van der Waals surface area contributed by atoms with E-state index in [-0.39, 0.29) is 5.91 Å². The van der Waals surface area contributed by atoms with E-state index >= 15 is 0 Å². The highest BCUT2D eigenvalue weighted by molar-refractivity contribution is 6.05. The summed E-state index contributed by atoms with van der Waals surface area (Å²) < 4.78 is 0. The van der Waals surface area contributed by atoms with E-state index in [2.05, 4.69) is 16.0 Å². The Labute approximate surface area is 118 Å². The number of carbonyl (C=O) groups is 1. The molecule has 4 heteroatoms. The van der Waals surface area contributed by atoms with Gasteiger partial charge in [-0.2, -0.15) is 0 Å². The van der Waals surface area contributed by atoms with Gasteiger partial charge in [-0.05, 0) is 36.8 Å². The van der Waals surface area contributed by atoms with Crippen molar-refractivity contribution in [1.82, 2.24) is 0 Å². The number of benzene rings is 2. The molecule has 0 spiro atoms. The highest BCUT2D eigenvalue weighted by Crippen LogP contribution is 2.26. The maximum atomic E-state index is 12.3. The molecule has 1 aliphatic heterocycles. The van der Waals surface area contributed by atoms with E-state index in [1.807, 2.05) is 49.4 Å². The molecule has 2 aromatic rings. The first-order chi connectivity index (χ1) is 9.74. The molecular weight excluding hydrogens is 250 g/mol. The lowest BCUT2D eigenvalue weighted by atomic mass is 10.1. The number of rotatable bonds is 2. The first kappa shape index (κ1) is 12.5. The van der Waals surface area contributed by atoms with Gasteiger partial charge >= 0.3 is 0 Å². The molecule has 0 aromatic heterocycles. The molecule has 1 amide bonds. The zero-order valence-corrected chi connectivity index (χ0v) is 11.4. The molecule has 0 fully saturated rings. The largest absolute Gasteiger partial charge is 0.382 e. The SMILES string of the molecule is Cc1ccccc1NC(=O)c1ccc2c(c1)NCCN2. The number of aryl methyl sites for hydroxylation is 1. The predicted molar refractivity (Wildman–Crippen MR) is 82.6 cm³/mol. The van der Waals surface area contributed by atoms with Crippen LogP contribution >= 0.6 is 0 Å². The summed E-state index contributed by atoms with van der Waals surface area (Å²) >= 11 is 0. The Hall–Kier alpha value is -2.49. The van der Waals surface area contributed by atoms with E-state index in [0.29, 0.717) is 5.56 Å². The number of fused-ring (bicyclic) bond motifs is 1. The van der Waals surface area contributed by atoms with Crippen molar-refractivity contribution >= 4 is 23.0 Å². The molecule has 1 aliphatic rings. The summed E-state index contributed by atoms with van der Waals surface area (Å²) in [6.45, 7) is 3.76. The van der Waals surface area contributed by atoms with Gasteiger partial charge in [0.25, 0.3) is 5.91 Å². The zero-order valence-electron chi connectivity index (χ0n) is 11.4. The smallest absolute Gasteiger partial charge is 0.255 e. The maximum absolute atomic E-state index is 12.3. The number of hydrogen-bond donors (Lipinski definition) is 3. The molecule has 4 nitrogen and oxygen atoms in total. The molecular formula is C16H17N3O. The van der Waals surface area contributed by atoms with Crippen LogP contribution in [-0.2, 0) is 0 Å². The summed E-state index contributed by atoms with van der Waals surface area (Å²) in [5.41, 5.74) is 4.58. The first-order valence-electron chi connectivity index (χ1n) is 6.73. The molecule has 3 N–H and O–H groups in total. The third-order valence-corrected chi connectivity index (χ3v) is 3.43. The monoisotopic (exact) mass is 267 g/mol. The molecule has 20 heavy (non-hydrogen) atoms. The standard InChI is InChI=1S/C16H17N3O/c1-11-4-2-3-5-13(11)19-16(20)12-6-7-14-15(10-12)18-9-8-17-14/h2-7,10,17-18H,8-9H2,1H3,(H,19,20). The average molecular weight is 267 g/mol. The van der Waals surface area contributed by atoms with Crippen LogP contribution in [0.2, 0.25) is 0 Å². The minimum atomic E-state index is -0.0885. The van der Waals surface area contributed by atoms with Gasteiger partial charge in [0.2, 0.25) is 0 Å². The minimum Gasteiger partial charge on any atom is -0.382 e. The van der Waals surface area contributed by atoms with Crippen molar-refractivity contribution in [2.24, 2.45) is 0 Å². The van der Waals surface area contributed by atoms with Gasteiger partial charge in [-0.15, -0.1) is 0 Å². The van der Waals surface area contributed by atoms with Crippen LogP contribution in [0.3, 0.4) is 0 Å². The van der Waals surface area contributed by atoms with Crippen LogP contribution < -0.4 is 16.0 Å². The Morgan fingerprint density at radius 3 is 2.60 bits per heavy atom. The highest BCUT2D eigenvalue weighted by Gasteiger charge is 2.12. The number of amides is 1. The second kappa shape index (κ2) is 5.25. The molecule has 1 heterocycles. The minimum absolute atomic E-state index is 0.0885. The van der Waals surface area contributed by atoms with Gasteiger partial charge in [-0.1, -0.05) is 18.2 Å². The first-order valence-corrected chi connectivity index (χ1v) is 6.73. The van der Waals surface area contributed by atoms with Gasteiger partial charge in [0.1, 0.15) is 0 Å². The lowest BCUT2D eigenvalue weighted by Crippen LogP contribution is -2.21. The second-order valence-electron chi connectivity index (χ2n) is 4.88. The fraction of sp³-hybridized carbons (Fsp3) is 0.188. The van der Waals surface area contributed by atoms with Crippen LogP contribution in [0.25, 0.3) is 0 Å². The fourth-order valence-electron chi connectivity index (χ4n) is 2.29. The van der Waals surface area contributed by atoms with Gasteiger partial charge in [-0.25, -0.2) is 0 Å². The van der Waals surface area contributed by atoms with Crippen LogP contribution in [0.1, 0.15) is 15.9 Å². The maximum Gasteiger partial charge on any atom is 0.255 e. The van der Waals surface area contributed by atoms with E-state index in [1.54, 1.807) is 0 Å². The predicted octanol–water partition coefficient (Wildman–Crippen LogP) is 3.08. The highest BCUT2D eigenvalue weighted by atomic mass is 16.1. The van der Waals surface area contributed by atoms with Crippen LogP contribution in [-0.4, -0.2) is 19.0 Å². The average Bonchev–Trinajstić information content (AvgIpc) is 2.49. The molecule has 3 rings (SSSR count). The summed E-state index contributed by atoms with van der Waals surface area (Å²) in [5, 5.41) is 9.53. The van der Waals surface area contributed by atoms with E-state index in [4.69, 9.17) is 0 Å². The number of carbonyl (C=O) groups excluding carboxylic acids is 1. The Balaban J connectivity index is 1.82. The topological polar surface area (TPSA) is 53.2 Å². The van der Waals surface area contributed by atoms with Gasteiger partial charge in [0, 0.05) is 24.3 Å². The zero-order chi connectivity index (χ0) is 13.9. The second-order valence-corrected chi connectivity index (χ2v) is 4.88. The summed E-state index contributed by atoms with van der Waals surface area (Å²) in [7, 11) is 0. The fourth-order valence-corrected chi connectivity index (χ4v) is 2.29. The van der Waals surface area contributed by atoms with Gasteiger partial charge in [0.15, 0.2) is 0 Å². The van der Waals surface area contributed by atoms with E-state index < -0.39 is 0 Å². The van der Waals surface area contributed by atoms with Gasteiger partial charge in [-0.3, -0.25) is 4.79 Å². The summed E-state index contributed by atoms with van der Waals surface area (Å²) in [6, 6.07) is 13.4. The molecule has 0 radical (unpaired) electrons. The lowest BCUT2D eigenvalue weighted by Gasteiger charge is -2.20. The van der Waals surface area contributed by atoms with Crippen molar-refractivity contribution in [3.8, 4) is 0 Å². The van der Waals surface area contributed by atoms with Crippen LogP contribution in [0.4, 0.5) is 17.1 Å². The van der Waals surface area contributed by atoms with Gasteiger partial charge < -0.3 is 16.0 Å². The van der Waals surface area contributed by atoms with E-state index in [9.17, 15) is 4.79 Å². The van der Waals surface area contributed by atoms with Crippen molar-refractivity contribution in [2.75, 3.05) is 29.0 Å². The number of anilines is 3. The third-order valence-electron chi connectivity index (χ3n) is 3.43. The quantitative estimate of drug-likeness (QED) is 0.783. The van der Waals surface area contributed by atoms with Crippen LogP contribution in [0.5, 0.6) is 0 Å². The molecule has 0 bridgehead atoms. The number of para-hydroxylation sites is 1. The van der Waals surface area contributed by atoms with E-state index in [0.717, 1.165) is 35.7 Å². The number of nitrogens with one attached hydrogen (secondary N) is 3. The lowest BCUT2D eigenvalue weighted by molar-refractivity contribution is 0.102. The molecule has 102 valence electrons. The van der Waals surface area contributed by atoms with E-state index in [1.165, 1.54) is 0 Å². The molecule has 2 aromatic carbocycles. The Kier molecular flexibility index (Phi) is 3.29. The van der Waals surface area contributed by atoms with Crippen molar-refractivity contribution in [3.63, 3.8) is 0 Å². The van der Waals surface area contributed by atoms with Crippen molar-refractivity contribution in [3.05, 3.63) is 53.6 Å². The van der Waals surface area contributed by atoms with Gasteiger partial charge in [0.05, 0.1) is 11.4 Å².